The largest absolute Gasteiger partial charge is 0.338 e. The Balaban J connectivity index is 1.34. The van der Waals surface area contributed by atoms with E-state index < -0.39 is 9.84 Å². The third-order valence-corrected chi connectivity index (χ3v) is 7.47. The van der Waals surface area contributed by atoms with Crippen LogP contribution in [0.15, 0.2) is 18.5 Å². The van der Waals surface area contributed by atoms with E-state index in [0.29, 0.717) is 30.3 Å². The maximum atomic E-state index is 12.6. The summed E-state index contributed by atoms with van der Waals surface area (Å²) < 4.78 is 25.4. The predicted molar refractivity (Wildman–Crippen MR) is 113 cm³/mol. The van der Waals surface area contributed by atoms with Gasteiger partial charge < -0.3 is 10.2 Å². The number of anilines is 2. The van der Waals surface area contributed by atoms with E-state index in [1.54, 1.807) is 23.1 Å². The fourth-order valence-electron chi connectivity index (χ4n) is 4.11. The van der Waals surface area contributed by atoms with Gasteiger partial charge in [-0.2, -0.15) is 5.10 Å². The molecule has 0 aliphatic carbocycles. The third kappa shape index (κ3) is 4.46. The molecule has 2 aliphatic heterocycles. The first-order valence-corrected chi connectivity index (χ1v) is 11.9. The van der Waals surface area contributed by atoms with Gasteiger partial charge in [-0.1, -0.05) is 0 Å². The second-order valence-electron chi connectivity index (χ2n) is 7.91. The Bertz CT molecular complexity index is 1010. The van der Waals surface area contributed by atoms with Gasteiger partial charge in [0.2, 0.25) is 11.9 Å². The van der Waals surface area contributed by atoms with Crippen LogP contribution in [-0.4, -0.2) is 83.2 Å². The molecule has 2 aromatic rings. The summed E-state index contributed by atoms with van der Waals surface area (Å²) in [5.41, 5.74) is 2.19. The molecule has 1 atom stereocenters. The van der Waals surface area contributed by atoms with Crippen molar-refractivity contribution >= 4 is 27.4 Å². The van der Waals surface area contributed by atoms with Gasteiger partial charge in [-0.25, -0.2) is 18.4 Å². The molecule has 4 rings (SSSR count). The number of nitrogens with one attached hydrogen (secondary N) is 1. The van der Waals surface area contributed by atoms with Gasteiger partial charge in [-0.05, 0) is 26.3 Å². The molecule has 4 heterocycles. The lowest BCUT2D eigenvalue weighted by Crippen LogP contribution is -2.49. The Kier molecular flexibility index (Phi) is 5.74. The Morgan fingerprint density at radius 1 is 1.17 bits per heavy atom. The number of aryl methyl sites for hydroxylation is 1. The van der Waals surface area contributed by atoms with E-state index in [1.807, 2.05) is 13.8 Å². The average Bonchev–Trinajstić information content (AvgIpc) is 3.22. The van der Waals surface area contributed by atoms with Gasteiger partial charge in [0.25, 0.3) is 0 Å². The molecule has 2 aromatic heterocycles. The zero-order chi connectivity index (χ0) is 21.3. The molecule has 2 fully saturated rings. The molecule has 0 bridgehead atoms. The van der Waals surface area contributed by atoms with Crippen LogP contribution in [0.5, 0.6) is 0 Å². The van der Waals surface area contributed by atoms with Crippen LogP contribution in [0.4, 0.5) is 11.6 Å². The number of nitrogens with zero attached hydrogens (tertiary/aromatic N) is 6. The number of hydrogen-bond donors (Lipinski definition) is 1. The van der Waals surface area contributed by atoms with Crippen LogP contribution in [0, 0.1) is 13.8 Å². The van der Waals surface area contributed by atoms with E-state index in [9.17, 15) is 13.2 Å². The number of aromatic nitrogens is 4. The minimum absolute atomic E-state index is 0.0933. The zero-order valence-corrected chi connectivity index (χ0v) is 18.1. The number of sulfone groups is 1. The highest BCUT2D eigenvalue weighted by molar-refractivity contribution is 7.91. The summed E-state index contributed by atoms with van der Waals surface area (Å²) in [5.74, 6) is 0.925. The highest BCUT2D eigenvalue weighted by Crippen LogP contribution is 2.29. The standard InChI is InChI=1S/C19H27N7O3S/c1-14-18(15(2)26(23-14)16-4-11-30(28,29)13-16)22-17(27)12-24-7-9-25(10-8-24)19-20-5-3-6-21-19/h3,5-6,16H,4,7-13H2,1-2H3,(H,22,27). The van der Waals surface area contributed by atoms with Gasteiger partial charge in [-0.3, -0.25) is 14.4 Å². The normalized spacial score (nSPS) is 21.7. The van der Waals surface area contributed by atoms with Crippen molar-refractivity contribution in [3.05, 3.63) is 29.8 Å². The number of rotatable bonds is 5. The van der Waals surface area contributed by atoms with Crippen LogP contribution in [0.2, 0.25) is 0 Å². The minimum atomic E-state index is -3.00. The lowest BCUT2D eigenvalue weighted by molar-refractivity contribution is -0.117. The van der Waals surface area contributed by atoms with Crippen molar-refractivity contribution in [1.82, 2.24) is 24.6 Å². The Hall–Kier alpha value is -2.53. The van der Waals surface area contributed by atoms with Gasteiger partial charge in [0, 0.05) is 38.6 Å². The van der Waals surface area contributed by atoms with Crippen LogP contribution < -0.4 is 10.2 Å². The predicted octanol–water partition coefficient (Wildman–Crippen LogP) is 0.410. The molecule has 11 heteroatoms. The van der Waals surface area contributed by atoms with Crippen molar-refractivity contribution in [3.63, 3.8) is 0 Å². The molecule has 162 valence electrons. The van der Waals surface area contributed by atoms with Gasteiger partial charge in [0.15, 0.2) is 9.84 Å². The lowest BCUT2D eigenvalue weighted by atomic mass is 10.2. The molecular formula is C19H27N7O3S. The van der Waals surface area contributed by atoms with Gasteiger partial charge in [0.1, 0.15) is 0 Å². The first-order valence-electron chi connectivity index (χ1n) is 10.1. The number of carbonyl (C=O) groups is 1. The fraction of sp³-hybridized carbons (Fsp3) is 0.579. The van der Waals surface area contributed by atoms with E-state index in [2.05, 4.69) is 30.2 Å². The quantitative estimate of drug-likeness (QED) is 0.721. The zero-order valence-electron chi connectivity index (χ0n) is 17.3. The fourth-order valence-corrected chi connectivity index (χ4v) is 5.80. The molecule has 0 radical (unpaired) electrons. The van der Waals surface area contributed by atoms with Gasteiger partial charge >= 0.3 is 0 Å². The summed E-state index contributed by atoms with van der Waals surface area (Å²) in [5, 5.41) is 7.49. The first-order chi connectivity index (χ1) is 14.3. The minimum Gasteiger partial charge on any atom is -0.338 e. The maximum Gasteiger partial charge on any atom is 0.238 e. The average molecular weight is 434 g/mol. The summed E-state index contributed by atoms with van der Waals surface area (Å²) in [7, 11) is -3.00. The third-order valence-electron chi connectivity index (χ3n) is 5.72. The molecular weight excluding hydrogens is 406 g/mol. The lowest BCUT2D eigenvalue weighted by Gasteiger charge is -2.34. The van der Waals surface area contributed by atoms with Crippen molar-refractivity contribution < 1.29 is 13.2 Å². The summed E-state index contributed by atoms with van der Waals surface area (Å²) in [6, 6.07) is 1.63. The topological polar surface area (TPSA) is 113 Å². The molecule has 0 spiro atoms. The molecule has 0 aromatic carbocycles. The van der Waals surface area contributed by atoms with Gasteiger partial charge in [-0.15, -0.1) is 0 Å². The summed E-state index contributed by atoms with van der Waals surface area (Å²) >= 11 is 0. The maximum absolute atomic E-state index is 12.6. The summed E-state index contributed by atoms with van der Waals surface area (Å²) in [6.45, 7) is 7.05. The van der Waals surface area contributed by atoms with E-state index in [4.69, 9.17) is 0 Å². The van der Waals surface area contributed by atoms with E-state index >= 15 is 0 Å². The highest BCUT2D eigenvalue weighted by atomic mass is 32.2. The summed E-state index contributed by atoms with van der Waals surface area (Å²) in [6.07, 6.45) is 4.02. The second kappa shape index (κ2) is 8.31. The van der Waals surface area contributed by atoms with Gasteiger partial charge in [0.05, 0.1) is 41.2 Å². The Labute approximate surface area is 176 Å². The van der Waals surface area contributed by atoms with E-state index in [-0.39, 0.29) is 23.5 Å². The highest BCUT2D eigenvalue weighted by Gasteiger charge is 2.32. The Morgan fingerprint density at radius 2 is 1.87 bits per heavy atom. The molecule has 1 N–H and O–H groups in total. The monoisotopic (exact) mass is 433 g/mol. The molecule has 10 nitrogen and oxygen atoms in total. The van der Waals surface area contributed by atoms with Crippen LogP contribution >= 0.6 is 0 Å². The molecule has 0 saturated carbocycles. The number of hydrogen-bond acceptors (Lipinski definition) is 8. The molecule has 30 heavy (non-hydrogen) atoms. The van der Waals surface area contributed by atoms with Crippen LogP contribution in [0.1, 0.15) is 23.9 Å². The van der Waals surface area contributed by atoms with Crippen molar-refractivity contribution in [1.29, 1.82) is 0 Å². The molecule has 1 amide bonds. The van der Waals surface area contributed by atoms with Crippen LogP contribution in [0.25, 0.3) is 0 Å². The van der Waals surface area contributed by atoms with Crippen LogP contribution in [0.3, 0.4) is 0 Å². The SMILES string of the molecule is Cc1nn(C2CCS(=O)(=O)C2)c(C)c1NC(=O)CN1CCN(c2ncccn2)CC1. The van der Waals surface area contributed by atoms with E-state index in [0.717, 1.165) is 31.9 Å². The van der Waals surface area contributed by atoms with Crippen molar-refractivity contribution in [3.8, 4) is 0 Å². The number of carbonyl (C=O) groups excluding carboxylic acids is 1. The number of amides is 1. The first kappa shape index (κ1) is 20.7. The van der Waals surface area contributed by atoms with Crippen LogP contribution in [-0.2, 0) is 14.6 Å². The van der Waals surface area contributed by atoms with E-state index in [1.165, 1.54) is 0 Å². The second-order valence-corrected chi connectivity index (χ2v) is 10.1. The smallest absolute Gasteiger partial charge is 0.238 e. The molecule has 1 unspecified atom stereocenters. The summed E-state index contributed by atoms with van der Waals surface area (Å²) in [4.78, 5) is 25.4. The molecule has 2 aliphatic rings. The number of piperazine rings is 1. The molecule has 2 saturated heterocycles. The van der Waals surface area contributed by atoms with Crippen molar-refractivity contribution in [2.75, 3.05) is 54.4 Å². The Morgan fingerprint density at radius 3 is 2.50 bits per heavy atom. The van der Waals surface area contributed by atoms with Crippen molar-refractivity contribution in [2.45, 2.75) is 26.3 Å². The van der Waals surface area contributed by atoms with Crippen molar-refractivity contribution in [2.24, 2.45) is 0 Å².